The highest BCUT2D eigenvalue weighted by molar-refractivity contribution is 6.29. The van der Waals surface area contributed by atoms with Gasteiger partial charge in [0.15, 0.2) is 0 Å². The van der Waals surface area contributed by atoms with Gasteiger partial charge in [0.1, 0.15) is 5.69 Å². The van der Waals surface area contributed by atoms with Crippen LogP contribution >= 0.6 is 11.6 Å². The Labute approximate surface area is 73.7 Å². The summed E-state index contributed by atoms with van der Waals surface area (Å²) in [4.78, 5) is 0. The quantitative estimate of drug-likeness (QED) is 0.676. The van der Waals surface area contributed by atoms with Gasteiger partial charge in [0.05, 0.1) is 6.20 Å². The maximum absolute atomic E-state index is 5.56. The molecule has 12 heavy (non-hydrogen) atoms. The fraction of sp³-hybridized carbons (Fsp3) is 0.143. The van der Waals surface area contributed by atoms with Crippen molar-refractivity contribution in [3.05, 3.63) is 23.7 Å². The highest BCUT2D eigenvalue weighted by Gasteiger charge is 2.05. The van der Waals surface area contributed by atoms with E-state index in [1.165, 1.54) is 0 Å². The Morgan fingerprint density at radius 2 is 2.42 bits per heavy atom. The Bertz CT molecular complexity index is 355. The molecular formula is C7H6ClN3O. The summed E-state index contributed by atoms with van der Waals surface area (Å²) in [6, 6.07) is 1.65. The van der Waals surface area contributed by atoms with Gasteiger partial charge in [-0.15, -0.1) is 0 Å². The fourth-order valence-corrected chi connectivity index (χ4v) is 1.08. The van der Waals surface area contributed by atoms with E-state index in [2.05, 4.69) is 10.3 Å². The second kappa shape index (κ2) is 2.64. The highest BCUT2D eigenvalue weighted by atomic mass is 35.5. The lowest BCUT2D eigenvalue weighted by Crippen LogP contribution is -1.84. The van der Waals surface area contributed by atoms with Crippen LogP contribution in [0.1, 0.15) is 0 Å². The van der Waals surface area contributed by atoms with E-state index >= 15 is 0 Å². The van der Waals surface area contributed by atoms with Crippen LogP contribution in [0.25, 0.3) is 11.3 Å². The molecular weight excluding hydrogens is 178 g/mol. The number of aromatic nitrogens is 3. The van der Waals surface area contributed by atoms with Gasteiger partial charge in [0.25, 0.3) is 0 Å². The molecule has 0 radical (unpaired) electrons. The van der Waals surface area contributed by atoms with Gasteiger partial charge in [0, 0.05) is 24.9 Å². The van der Waals surface area contributed by atoms with Gasteiger partial charge in [0.2, 0.25) is 5.22 Å². The van der Waals surface area contributed by atoms with Crippen molar-refractivity contribution in [2.24, 2.45) is 7.05 Å². The van der Waals surface area contributed by atoms with Crippen LogP contribution in [0.15, 0.2) is 23.0 Å². The van der Waals surface area contributed by atoms with Crippen molar-refractivity contribution in [2.75, 3.05) is 0 Å². The normalized spacial score (nSPS) is 10.5. The van der Waals surface area contributed by atoms with Gasteiger partial charge in [-0.1, -0.05) is 5.16 Å². The van der Waals surface area contributed by atoms with Crippen molar-refractivity contribution in [3.63, 3.8) is 0 Å². The van der Waals surface area contributed by atoms with Crippen LogP contribution in [0.5, 0.6) is 0 Å². The minimum absolute atomic E-state index is 0.286. The Morgan fingerprint density at radius 1 is 1.58 bits per heavy atom. The van der Waals surface area contributed by atoms with Crippen LogP contribution in [0.3, 0.4) is 0 Å². The van der Waals surface area contributed by atoms with Gasteiger partial charge in [-0.25, -0.2) is 0 Å². The second-order valence-corrected chi connectivity index (χ2v) is 2.79. The third kappa shape index (κ3) is 1.21. The van der Waals surface area contributed by atoms with Gasteiger partial charge < -0.3 is 4.52 Å². The molecule has 62 valence electrons. The lowest BCUT2D eigenvalue weighted by Gasteiger charge is -1.83. The summed E-state index contributed by atoms with van der Waals surface area (Å²) in [7, 11) is 1.84. The van der Waals surface area contributed by atoms with Crippen molar-refractivity contribution in [2.45, 2.75) is 0 Å². The third-order valence-corrected chi connectivity index (χ3v) is 1.66. The van der Waals surface area contributed by atoms with Crippen molar-refractivity contribution in [1.82, 2.24) is 14.9 Å². The monoisotopic (exact) mass is 183 g/mol. The molecule has 2 aromatic rings. The van der Waals surface area contributed by atoms with Crippen molar-refractivity contribution in [1.29, 1.82) is 0 Å². The van der Waals surface area contributed by atoms with Gasteiger partial charge in [-0.05, 0) is 11.6 Å². The molecule has 0 aliphatic heterocycles. The van der Waals surface area contributed by atoms with E-state index in [1.807, 2.05) is 13.2 Å². The molecule has 4 nitrogen and oxygen atoms in total. The molecule has 2 rings (SSSR count). The zero-order valence-electron chi connectivity index (χ0n) is 6.36. The minimum atomic E-state index is 0.286. The summed E-state index contributed by atoms with van der Waals surface area (Å²) in [5.41, 5.74) is 1.60. The molecule has 0 spiro atoms. The molecule has 0 saturated heterocycles. The third-order valence-electron chi connectivity index (χ3n) is 1.48. The molecule has 2 heterocycles. The fourth-order valence-electron chi connectivity index (χ4n) is 0.943. The average molecular weight is 184 g/mol. The Balaban J connectivity index is 2.43. The molecule has 0 saturated carbocycles. The number of nitrogens with zero attached hydrogens (tertiary/aromatic N) is 3. The molecule has 0 amide bonds. The standard InChI is InChI=1S/C7H6ClN3O/c1-11-4-5(3-9-11)6-2-7(8)12-10-6/h2-4H,1H3. The van der Waals surface area contributed by atoms with Gasteiger partial charge in [-0.2, -0.15) is 5.10 Å². The number of halogens is 1. The van der Waals surface area contributed by atoms with E-state index in [1.54, 1.807) is 16.9 Å². The van der Waals surface area contributed by atoms with E-state index in [0.717, 1.165) is 5.56 Å². The van der Waals surface area contributed by atoms with Crippen LogP contribution in [0.2, 0.25) is 5.22 Å². The van der Waals surface area contributed by atoms with Crippen molar-refractivity contribution < 1.29 is 4.52 Å². The van der Waals surface area contributed by atoms with Gasteiger partial charge in [-0.3, -0.25) is 4.68 Å². The van der Waals surface area contributed by atoms with Gasteiger partial charge >= 0.3 is 0 Å². The SMILES string of the molecule is Cn1cc(-c2cc(Cl)on2)cn1. The molecule has 0 N–H and O–H groups in total. The molecule has 0 aromatic carbocycles. The molecule has 0 bridgehead atoms. The summed E-state index contributed by atoms with van der Waals surface area (Å²) < 4.78 is 6.40. The number of hydrogen-bond donors (Lipinski definition) is 0. The summed E-state index contributed by atoms with van der Waals surface area (Å²) in [6.07, 6.45) is 3.54. The topological polar surface area (TPSA) is 43.9 Å². The zero-order valence-corrected chi connectivity index (χ0v) is 7.12. The average Bonchev–Trinajstić information content (AvgIpc) is 2.58. The Kier molecular flexibility index (Phi) is 1.62. The predicted octanol–water partition coefficient (Wildman–Crippen LogP) is 1.73. The Hall–Kier alpha value is -1.29. The maximum atomic E-state index is 5.56. The molecule has 0 aliphatic rings. The maximum Gasteiger partial charge on any atom is 0.226 e. The first kappa shape index (κ1) is 7.36. The summed E-state index contributed by atoms with van der Waals surface area (Å²) in [5.74, 6) is 0. The molecule has 5 heteroatoms. The zero-order chi connectivity index (χ0) is 8.55. The Morgan fingerprint density at radius 3 is 2.92 bits per heavy atom. The van der Waals surface area contributed by atoms with Crippen LogP contribution in [-0.2, 0) is 7.05 Å². The number of aryl methyl sites for hydroxylation is 1. The smallest absolute Gasteiger partial charge is 0.226 e. The molecule has 0 atom stereocenters. The van der Waals surface area contributed by atoms with E-state index in [4.69, 9.17) is 16.1 Å². The van der Waals surface area contributed by atoms with Crippen LogP contribution in [0, 0.1) is 0 Å². The van der Waals surface area contributed by atoms with Crippen molar-refractivity contribution in [3.8, 4) is 11.3 Å². The highest BCUT2D eigenvalue weighted by Crippen LogP contribution is 2.20. The summed E-state index contributed by atoms with van der Waals surface area (Å²) >= 11 is 5.56. The predicted molar refractivity (Wildman–Crippen MR) is 43.7 cm³/mol. The van der Waals surface area contributed by atoms with Crippen LogP contribution < -0.4 is 0 Å². The van der Waals surface area contributed by atoms with E-state index in [-0.39, 0.29) is 5.22 Å². The number of hydrogen-bond acceptors (Lipinski definition) is 3. The first-order chi connectivity index (χ1) is 5.75. The molecule has 0 unspecified atom stereocenters. The summed E-state index contributed by atoms with van der Waals surface area (Å²) in [6.45, 7) is 0. The second-order valence-electron chi connectivity index (χ2n) is 2.42. The van der Waals surface area contributed by atoms with Crippen LogP contribution in [-0.4, -0.2) is 14.9 Å². The first-order valence-electron chi connectivity index (χ1n) is 3.37. The minimum Gasteiger partial charge on any atom is -0.344 e. The van der Waals surface area contributed by atoms with E-state index < -0.39 is 0 Å². The number of rotatable bonds is 1. The first-order valence-corrected chi connectivity index (χ1v) is 3.75. The van der Waals surface area contributed by atoms with Crippen LogP contribution in [0.4, 0.5) is 0 Å². The lowest BCUT2D eigenvalue weighted by atomic mass is 10.3. The van der Waals surface area contributed by atoms with Crippen molar-refractivity contribution >= 4 is 11.6 Å². The lowest BCUT2D eigenvalue weighted by molar-refractivity contribution is 0.424. The molecule has 0 fully saturated rings. The molecule has 0 aliphatic carbocycles. The molecule has 2 aromatic heterocycles. The summed E-state index contributed by atoms with van der Waals surface area (Å²) in [5, 5.41) is 8.02. The van der Waals surface area contributed by atoms with E-state index in [9.17, 15) is 0 Å². The van der Waals surface area contributed by atoms with E-state index in [0.29, 0.717) is 5.69 Å². The largest absolute Gasteiger partial charge is 0.344 e.